The van der Waals surface area contributed by atoms with Crippen LogP contribution in [0.25, 0.3) is 0 Å². The van der Waals surface area contributed by atoms with Gasteiger partial charge in [0.05, 0.1) is 0 Å². The molecule has 2 atom stereocenters. The fourth-order valence-electron chi connectivity index (χ4n) is 2.72. The number of aliphatic hydroxyl groups is 1. The summed E-state index contributed by atoms with van der Waals surface area (Å²) in [6, 6.07) is 0.102. The first-order valence-corrected chi connectivity index (χ1v) is 7.83. The summed E-state index contributed by atoms with van der Waals surface area (Å²) in [4.78, 5) is 16.3. The van der Waals surface area contributed by atoms with E-state index in [9.17, 15) is 9.90 Å². The average molecular weight is 295 g/mol. The number of nitrogens with zero attached hydrogens (tertiary/aromatic N) is 2. The molecule has 1 heterocycles. The first-order valence-electron chi connectivity index (χ1n) is 7.83. The van der Waals surface area contributed by atoms with Crippen molar-refractivity contribution in [1.29, 1.82) is 0 Å². The number of hydrogen-bond acceptors (Lipinski definition) is 5. The zero-order valence-electron chi connectivity index (χ0n) is 12.8. The highest BCUT2D eigenvalue weighted by Gasteiger charge is 2.25. The van der Waals surface area contributed by atoms with Gasteiger partial charge in [0.15, 0.2) is 5.82 Å². The standard InChI is InChI=1S/C15H25N3O3/c1-10(2)15-17-14(21-18-15)8-7-13(20)16-12-6-4-3-5-11(12)9-19/h10-12,19H,3-9H2,1-2H3,(H,16,20). The van der Waals surface area contributed by atoms with Crippen molar-refractivity contribution < 1.29 is 14.4 Å². The van der Waals surface area contributed by atoms with Crippen molar-refractivity contribution in [3.63, 3.8) is 0 Å². The molecule has 1 aromatic heterocycles. The lowest BCUT2D eigenvalue weighted by atomic mass is 9.85. The Labute approximate surface area is 125 Å². The van der Waals surface area contributed by atoms with Crippen LogP contribution in [0.2, 0.25) is 0 Å². The fraction of sp³-hybridized carbons (Fsp3) is 0.800. The van der Waals surface area contributed by atoms with Gasteiger partial charge in [-0.2, -0.15) is 4.98 Å². The van der Waals surface area contributed by atoms with E-state index in [1.54, 1.807) is 0 Å². The Kier molecular flexibility index (Phi) is 5.73. The van der Waals surface area contributed by atoms with E-state index in [-0.39, 0.29) is 30.4 Å². The Bertz CT molecular complexity index is 459. The van der Waals surface area contributed by atoms with E-state index in [2.05, 4.69) is 15.5 Å². The third kappa shape index (κ3) is 4.52. The molecule has 0 aromatic carbocycles. The number of amides is 1. The Balaban J connectivity index is 1.78. The zero-order chi connectivity index (χ0) is 15.2. The van der Waals surface area contributed by atoms with Gasteiger partial charge in [0.25, 0.3) is 0 Å². The van der Waals surface area contributed by atoms with Crippen LogP contribution in [-0.2, 0) is 11.2 Å². The van der Waals surface area contributed by atoms with Gasteiger partial charge in [-0.1, -0.05) is 31.8 Å². The first-order chi connectivity index (χ1) is 10.1. The van der Waals surface area contributed by atoms with Crippen LogP contribution < -0.4 is 5.32 Å². The molecule has 118 valence electrons. The van der Waals surface area contributed by atoms with Gasteiger partial charge in [0.1, 0.15) is 0 Å². The minimum Gasteiger partial charge on any atom is -0.396 e. The molecule has 2 rings (SSSR count). The van der Waals surface area contributed by atoms with Gasteiger partial charge in [0.2, 0.25) is 11.8 Å². The third-order valence-electron chi connectivity index (χ3n) is 4.06. The summed E-state index contributed by atoms with van der Waals surface area (Å²) in [5, 5.41) is 16.3. The van der Waals surface area contributed by atoms with Gasteiger partial charge >= 0.3 is 0 Å². The molecule has 0 spiro atoms. The molecule has 0 saturated heterocycles. The Morgan fingerprint density at radius 3 is 2.86 bits per heavy atom. The molecule has 1 aliphatic rings. The van der Waals surface area contributed by atoms with E-state index in [4.69, 9.17) is 4.52 Å². The molecule has 1 aromatic rings. The van der Waals surface area contributed by atoms with E-state index in [0.29, 0.717) is 24.6 Å². The summed E-state index contributed by atoms with van der Waals surface area (Å²) in [7, 11) is 0. The monoisotopic (exact) mass is 295 g/mol. The molecule has 0 aliphatic heterocycles. The average Bonchev–Trinajstić information content (AvgIpc) is 2.95. The molecule has 21 heavy (non-hydrogen) atoms. The highest BCUT2D eigenvalue weighted by atomic mass is 16.5. The zero-order valence-corrected chi connectivity index (χ0v) is 12.8. The molecule has 1 saturated carbocycles. The fourth-order valence-corrected chi connectivity index (χ4v) is 2.72. The smallest absolute Gasteiger partial charge is 0.227 e. The van der Waals surface area contributed by atoms with E-state index < -0.39 is 0 Å². The van der Waals surface area contributed by atoms with Crippen molar-refractivity contribution in [2.75, 3.05) is 6.61 Å². The molecule has 1 aliphatic carbocycles. The number of carbonyl (C=O) groups is 1. The van der Waals surface area contributed by atoms with Crippen molar-refractivity contribution >= 4 is 5.91 Å². The van der Waals surface area contributed by atoms with Crippen LogP contribution in [0, 0.1) is 5.92 Å². The van der Waals surface area contributed by atoms with Crippen LogP contribution in [0.5, 0.6) is 0 Å². The number of hydrogen-bond donors (Lipinski definition) is 2. The summed E-state index contributed by atoms with van der Waals surface area (Å²) in [5.41, 5.74) is 0. The lowest BCUT2D eigenvalue weighted by Crippen LogP contribution is -2.43. The minimum atomic E-state index is -0.00959. The molecule has 1 fully saturated rings. The van der Waals surface area contributed by atoms with Gasteiger partial charge in [-0.3, -0.25) is 4.79 Å². The van der Waals surface area contributed by atoms with Crippen LogP contribution in [0.4, 0.5) is 0 Å². The van der Waals surface area contributed by atoms with E-state index >= 15 is 0 Å². The normalized spacial score (nSPS) is 22.5. The maximum atomic E-state index is 12.0. The van der Waals surface area contributed by atoms with Gasteiger partial charge in [-0.15, -0.1) is 0 Å². The highest BCUT2D eigenvalue weighted by molar-refractivity contribution is 5.76. The van der Waals surface area contributed by atoms with Crippen LogP contribution in [-0.4, -0.2) is 33.8 Å². The minimum absolute atomic E-state index is 0.00959. The van der Waals surface area contributed by atoms with Gasteiger partial charge in [0, 0.05) is 37.3 Å². The van der Waals surface area contributed by atoms with E-state index in [1.165, 1.54) is 0 Å². The van der Waals surface area contributed by atoms with E-state index in [0.717, 1.165) is 25.7 Å². The molecule has 2 unspecified atom stereocenters. The van der Waals surface area contributed by atoms with Crippen LogP contribution in [0.15, 0.2) is 4.52 Å². The molecule has 0 bridgehead atoms. The van der Waals surface area contributed by atoms with Crippen LogP contribution in [0.3, 0.4) is 0 Å². The number of aliphatic hydroxyl groups excluding tert-OH is 1. The number of aryl methyl sites for hydroxylation is 1. The SMILES string of the molecule is CC(C)c1noc(CCC(=O)NC2CCCCC2CO)n1. The topological polar surface area (TPSA) is 88.2 Å². The predicted octanol–water partition coefficient (Wildman–Crippen LogP) is 1.79. The second-order valence-corrected chi connectivity index (χ2v) is 6.10. The quantitative estimate of drug-likeness (QED) is 0.835. The second kappa shape index (κ2) is 7.54. The summed E-state index contributed by atoms with van der Waals surface area (Å²) in [6.45, 7) is 4.14. The number of aromatic nitrogens is 2. The number of rotatable bonds is 6. The Hall–Kier alpha value is -1.43. The van der Waals surface area contributed by atoms with Crippen molar-refractivity contribution in [2.24, 2.45) is 5.92 Å². The molecule has 0 radical (unpaired) electrons. The second-order valence-electron chi connectivity index (χ2n) is 6.10. The molecule has 2 N–H and O–H groups in total. The maximum Gasteiger partial charge on any atom is 0.227 e. The molecular weight excluding hydrogens is 270 g/mol. The molecule has 6 nitrogen and oxygen atoms in total. The van der Waals surface area contributed by atoms with Gasteiger partial charge in [-0.05, 0) is 12.8 Å². The van der Waals surface area contributed by atoms with Crippen LogP contribution >= 0.6 is 0 Å². The first kappa shape index (κ1) is 15.9. The van der Waals surface area contributed by atoms with Crippen molar-refractivity contribution in [1.82, 2.24) is 15.5 Å². The third-order valence-corrected chi connectivity index (χ3v) is 4.06. The largest absolute Gasteiger partial charge is 0.396 e. The molecule has 6 heteroatoms. The van der Waals surface area contributed by atoms with Crippen molar-refractivity contribution in [2.45, 2.75) is 64.3 Å². The summed E-state index contributed by atoms with van der Waals surface area (Å²) < 4.78 is 5.13. The van der Waals surface area contributed by atoms with Crippen LogP contribution in [0.1, 0.15) is 63.6 Å². The Morgan fingerprint density at radius 1 is 1.43 bits per heavy atom. The van der Waals surface area contributed by atoms with E-state index in [1.807, 2.05) is 13.8 Å². The Morgan fingerprint density at radius 2 is 2.19 bits per heavy atom. The maximum absolute atomic E-state index is 12.0. The van der Waals surface area contributed by atoms with Crippen molar-refractivity contribution in [3.05, 3.63) is 11.7 Å². The van der Waals surface area contributed by atoms with Gasteiger partial charge < -0.3 is 14.9 Å². The summed E-state index contributed by atoms with van der Waals surface area (Å²) in [5.74, 6) is 1.60. The highest BCUT2D eigenvalue weighted by Crippen LogP contribution is 2.24. The summed E-state index contributed by atoms with van der Waals surface area (Å²) in [6.07, 6.45) is 4.99. The lowest BCUT2D eigenvalue weighted by molar-refractivity contribution is -0.122. The lowest BCUT2D eigenvalue weighted by Gasteiger charge is -2.30. The van der Waals surface area contributed by atoms with Gasteiger partial charge in [-0.25, -0.2) is 0 Å². The number of carbonyl (C=O) groups excluding carboxylic acids is 1. The predicted molar refractivity (Wildman–Crippen MR) is 77.7 cm³/mol. The van der Waals surface area contributed by atoms with Crippen molar-refractivity contribution in [3.8, 4) is 0 Å². The molecule has 1 amide bonds. The summed E-state index contributed by atoms with van der Waals surface area (Å²) >= 11 is 0. The molecular formula is C15H25N3O3. The number of nitrogens with one attached hydrogen (secondary N) is 1.